The summed E-state index contributed by atoms with van der Waals surface area (Å²) >= 11 is 0. The molecule has 0 aromatic heterocycles. The molecular formula is C28H34N2O3. The summed E-state index contributed by atoms with van der Waals surface area (Å²) in [5.74, 6) is 1.01. The Bertz CT molecular complexity index is 1130. The lowest BCUT2D eigenvalue weighted by Crippen LogP contribution is -2.25. The van der Waals surface area contributed by atoms with Crippen molar-refractivity contribution < 1.29 is 14.3 Å². The number of amides is 1. The number of carbonyl (C=O) groups is 1. The normalized spacial score (nSPS) is 12.2. The second-order valence-corrected chi connectivity index (χ2v) is 10.1. The van der Waals surface area contributed by atoms with Gasteiger partial charge in [-0.2, -0.15) is 5.10 Å². The van der Waals surface area contributed by atoms with Gasteiger partial charge < -0.3 is 9.47 Å². The fourth-order valence-electron chi connectivity index (χ4n) is 4.37. The van der Waals surface area contributed by atoms with Crippen molar-refractivity contribution in [2.24, 2.45) is 10.5 Å². The molecule has 0 aliphatic carbocycles. The molecule has 0 saturated carbocycles. The van der Waals surface area contributed by atoms with Gasteiger partial charge in [-0.25, -0.2) is 5.43 Å². The van der Waals surface area contributed by atoms with Crippen LogP contribution in [0.3, 0.4) is 0 Å². The lowest BCUT2D eigenvalue weighted by atomic mass is 9.72. The molecule has 5 heteroatoms. The average molecular weight is 447 g/mol. The first kappa shape index (κ1) is 24.3. The zero-order valence-corrected chi connectivity index (χ0v) is 20.4. The van der Waals surface area contributed by atoms with Gasteiger partial charge in [-0.15, -0.1) is 0 Å². The first-order valence-corrected chi connectivity index (χ1v) is 11.2. The summed E-state index contributed by atoms with van der Waals surface area (Å²) in [5, 5.41) is 6.18. The van der Waals surface area contributed by atoms with E-state index >= 15 is 0 Å². The van der Waals surface area contributed by atoms with E-state index < -0.39 is 0 Å². The number of fused-ring (bicyclic) bond motifs is 1. The molecule has 1 amide bonds. The number of nitrogens with one attached hydrogen (secondary N) is 1. The van der Waals surface area contributed by atoms with Gasteiger partial charge >= 0.3 is 0 Å². The Morgan fingerprint density at radius 1 is 0.970 bits per heavy atom. The van der Waals surface area contributed by atoms with Crippen molar-refractivity contribution in [2.75, 3.05) is 13.7 Å². The van der Waals surface area contributed by atoms with Crippen molar-refractivity contribution >= 4 is 22.9 Å². The third-order valence-corrected chi connectivity index (χ3v) is 5.51. The molecule has 0 saturated heterocycles. The smallest absolute Gasteiger partial charge is 0.277 e. The molecule has 0 aliphatic heterocycles. The topological polar surface area (TPSA) is 59.9 Å². The number of carbonyl (C=O) groups excluding carboxylic acids is 1. The largest absolute Gasteiger partial charge is 0.496 e. The molecule has 0 heterocycles. The van der Waals surface area contributed by atoms with Gasteiger partial charge in [-0.3, -0.25) is 4.79 Å². The van der Waals surface area contributed by atoms with Crippen molar-refractivity contribution in [2.45, 2.75) is 46.5 Å². The number of hydrogen-bond acceptors (Lipinski definition) is 4. The molecule has 174 valence electrons. The number of hydrogen-bond donors (Lipinski definition) is 1. The minimum Gasteiger partial charge on any atom is -0.496 e. The van der Waals surface area contributed by atoms with Gasteiger partial charge in [0.25, 0.3) is 5.91 Å². The Labute approximate surface area is 196 Å². The van der Waals surface area contributed by atoms with Crippen LogP contribution in [0.1, 0.15) is 52.2 Å². The van der Waals surface area contributed by atoms with E-state index in [0.717, 1.165) is 22.8 Å². The minimum absolute atomic E-state index is 0.0610. The zero-order chi connectivity index (χ0) is 24.1. The molecular weight excluding hydrogens is 412 g/mol. The van der Waals surface area contributed by atoms with E-state index in [-0.39, 0.29) is 23.3 Å². The van der Waals surface area contributed by atoms with Gasteiger partial charge in [0.15, 0.2) is 6.61 Å². The molecule has 3 aromatic rings. The van der Waals surface area contributed by atoms with Gasteiger partial charge in [-0.05, 0) is 51.8 Å². The molecule has 3 rings (SSSR count). The van der Waals surface area contributed by atoms with Crippen molar-refractivity contribution in [3.8, 4) is 11.5 Å². The lowest BCUT2D eigenvalue weighted by Gasteiger charge is -2.33. The van der Waals surface area contributed by atoms with Crippen molar-refractivity contribution in [3.63, 3.8) is 0 Å². The average Bonchev–Trinajstić information content (AvgIpc) is 2.76. The Hall–Kier alpha value is -3.34. The van der Waals surface area contributed by atoms with E-state index in [1.807, 2.05) is 48.5 Å². The van der Waals surface area contributed by atoms with Crippen LogP contribution in [0.25, 0.3) is 10.8 Å². The number of hydrazone groups is 1. The number of rotatable bonds is 8. The number of benzene rings is 3. The van der Waals surface area contributed by atoms with Crippen LogP contribution in [0.5, 0.6) is 11.5 Å². The van der Waals surface area contributed by atoms with Crippen LogP contribution in [0.4, 0.5) is 0 Å². The molecule has 0 fully saturated rings. The highest BCUT2D eigenvalue weighted by atomic mass is 16.5. The van der Waals surface area contributed by atoms with Crippen LogP contribution in [-0.2, 0) is 10.2 Å². The van der Waals surface area contributed by atoms with Crippen molar-refractivity contribution in [3.05, 3.63) is 71.8 Å². The summed E-state index contributed by atoms with van der Waals surface area (Å²) in [7, 11) is 1.61. The van der Waals surface area contributed by atoms with E-state index in [1.165, 1.54) is 5.56 Å². The van der Waals surface area contributed by atoms with E-state index in [1.54, 1.807) is 13.3 Å². The van der Waals surface area contributed by atoms with Gasteiger partial charge in [-0.1, -0.05) is 77.1 Å². The maximum absolute atomic E-state index is 12.2. The number of ether oxygens (including phenoxy) is 2. The monoisotopic (exact) mass is 446 g/mol. The molecule has 0 atom stereocenters. The zero-order valence-electron chi connectivity index (χ0n) is 20.4. The molecule has 0 unspecified atom stereocenters. The predicted octanol–water partition coefficient (Wildman–Crippen LogP) is 6.09. The molecule has 0 bridgehead atoms. The fourth-order valence-corrected chi connectivity index (χ4v) is 4.37. The summed E-state index contributed by atoms with van der Waals surface area (Å²) in [6.45, 7) is 11.2. The molecule has 3 aromatic carbocycles. The summed E-state index contributed by atoms with van der Waals surface area (Å²) in [6, 6.07) is 19.8. The van der Waals surface area contributed by atoms with Gasteiger partial charge in [0.1, 0.15) is 11.5 Å². The Kier molecular flexibility index (Phi) is 7.42. The molecule has 33 heavy (non-hydrogen) atoms. The minimum atomic E-state index is -0.331. The summed E-state index contributed by atoms with van der Waals surface area (Å²) < 4.78 is 11.1. The molecule has 1 N–H and O–H groups in total. The molecule has 0 aliphatic rings. The summed E-state index contributed by atoms with van der Waals surface area (Å²) in [6.07, 6.45) is 2.67. The maximum atomic E-state index is 12.2. The highest BCUT2D eigenvalue weighted by Crippen LogP contribution is 2.36. The Balaban J connectivity index is 1.58. The quantitative estimate of drug-likeness (QED) is 0.336. The maximum Gasteiger partial charge on any atom is 0.277 e. The fraction of sp³-hybridized carbons (Fsp3) is 0.357. The van der Waals surface area contributed by atoms with Crippen LogP contribution in [0, 0.1) is 5.41 Å². The van der Waals surface area contributed by atoms with Gasteiger partial charge in [0.2, 0.25) is 0 Å². The van der Waals surface area contributed by atoms with Crippen LogP contribution in [-0.4, -0.2) is 25.8 Å². The van der Waals surface area contributed by atoms with E-state index in [4.69, 9.17) is 9.47 Å². The third-order valence-electron chi connectivity index (χ3n) is 5.51. The van der Waals surface area contributed by atoms with E-state index in [9.17, 15) is 4.79 Å². The van der Waals surface area contributed by atoms with Crippen LogP contribution in [0.2, 0.25) is 0 Å². The highest BCUT2D eigenvalue weighted by Gasteiger charge is 2.27. The Morgan fingerprint density at radius 2 is 1.67 bits per heavy atom. The first-order valence-electron chi connectivity index (χ1n) is 11.2. The van der Waals surface area contributed by atoms with Crippen molar-refractivity contribution in [1.29, 1.82) is 0 Å². The summed E-state index contributed by atoms with van der Waals surface area (Å²) in [4.78, 5) is 12.2. The second kappa shape index (κ2) is 10.1. The van der Waals surface area contributed by atoms with Gasteiger partial charge in [0, 0.05) is 5.56 Å². The molecule has 0 spiro atoms. The van der Waals surface area contributed by atoms with Crippen LogP contribution < -0.4 is 14.9 Å². The Morgan fingerprint density at radius 3 is 2.33 bits per heavy atom. The summed E-state index contributed by atoms with van der Waals surface area (Å²) in [5.41, 5.74) is 4.90. The second-order valence-electron chi connectivity index (χ2n) is 10.1. The SMILES string of the molecule is COc1ccc2ccccc2c1/C=N\NC(=O)COc1ccc(C(C)(C)CC(C)(C)C)cc1. The van der Waals surface area contributed by atoms with Crippen molar-refractivity contribution in [1.82, 2.24) is 5.43 Å². The molecule has 5 nitrogen and oxygen atoms in total. The van der Waals surface area contributed by atoms with Crippen LogP contribution in [0.15, 0.2) is 65.8 Å². The third kappa shape index (κ3) is 6.58. The van der Waals surface area contributed by atoms with E-state index in [2.05, 4.69) is 57.3 Å². The van der Waals surface area contributed by atoms with E-state index in [0.29, 0.717) is 11.5 Å². The van der Waals surface area contributed by atoms with Gasteiger partial charge in [0.05, 0.1) is 13.3 Å². The lowest BCUT2D eigenvalue weighted by molar-refractivity contribution is -0.123. The first-order chi connectivity index (χ1) is 15.6. The number of nitrogens with zero attached hydrogens (tertiary/aromatic N) is 1. The predicted molar refractivity (Wildman–Crippen MR) is 135 cm³/mol. The van der Waals surface area contributed by atoms with Crippen LogP contribution >= 0.6 is 0 Å². The number of methoxy groups -OCH3 is 1. The molecule has 0 radical (unpaired) electrons. The standard InChI is InChI=1S/C28H34N2O3/c1-27(2,3)19-28(4,5)21-12-14-22(15-13-21)33-18-26(31)30-29-17-24-23-10-8-7-9-20(23)11-16-25(24)32-6/h7-17H,18-19H2,1-6H3,(H,30,31)/b29-17-. The highest BCUT2D eigenvalue weighted by molar-refractivity contribution is 6.02.